The minimum absolute atomic E-state index is 0.197. The van der Waals surface area contributed by atoms with Gasteiger partial charge in [0.1, 0.15) is 9.88 Å². The van der Waals surface area contributed by atoms with Crippen LogP contribution < -0.4 is 22.1 Å². The fraction of sp³-hybridized carbons (Fsp3) is 0.538. The van der Waals surface area contributed by atoms with Gasteiger partial charge in [-0.05, 0) is 32.1 Å². The molecule has 2 saturated carbocycles. The van der Waals surface area contributed by atoms with Crippen LogP contribution in [0.4, 0.5) is 10.7 Å². The summed E-state index contributed by atoms with van der Waals surface area (Å²) < 4.78 is 0. The predicted molar refractivity (Wildman–Crippen MR) is 79.0 cm³/mol. The molecule has 1 aromatic heterocycles. The van der Waals surface area contributed by atoms with E-state index in [1.165, 1.54) is 17.8 Å². The number of carbonyl (C=O) groups is 2. The Morgan fingerprint density at radius 3 is 2.35 bits per heavy atom. The maximum absolute atomic E-state index is 12.1. The van der Waals surface area contributed by atoms with Crippen LogP contribution in [0.2, 0.25) is 0 Å². The molecule has 0 atom stereocenters. The summed E-state index contributed by atoms with van der Waals surface area (Å²) in [6.07, 6.45) is 5.33. The van der Waals surface area contributed by atoms with Crippen LogP contribution in [-0.2, 0) is 0 Å². The number of thiophene rings is 1. The van der Waals surface area contributed by atoms with E-state index < -0.39 is 5.91 Å². The van der Waals surface area contributed by atoms with E-state index in [9.17, 15) is 9.59 Å². The zero-order valence-electron chi connectivity index (χ0n) is 11.1. The van der Waals surface area contributed by atoms with E-state index in [1.54, 1.807) is 0 Å². The molecule has 0 spiro atoms. The lowest BCUT2D eigenvalue weighted by molar-refractivity contribution is 0.0955. The Morgan fingerprint density at radius 1 is 1.15 bits per heavy atom. The van der Waals surface area contributed by atoms with Crippen LogP contribution in [0.15, 0.2) is 0 Å². The first-order valence-corrected chi connectivity index (χ1v) is 7.67. The maximum Gasteiger partial charge on any atom is 0.263 e. The number of nitrogen functional groups attached to an aromatic ring is 1. The molecule has 0 aromatic carbocycles. The first-order chi connectivity index (χ1) is 9.56. The predicted octanol–water partition coefficient (Wildman–Crippen LogP) is 1.29. The Hall–Kier alpha value is -1.76. The van der Waals surface area contributed by atoms with Crippen molar-refractivity contribution in [2.45, 2.75) is 44.2 Å². The van der Waals surface area contributed by atoms with Gasteiger partial charge in [0, 0.05) is 12.1 Å². The van der Waals surface area contributed by atoms with Gasteiger partial charge >= 0.3 is 0 Å². The second-order valence-corrected chi connectivity index (χ2v) is 6.45. The number of nitrogens with two attached hydrogens (primary N) is 2. The molecule has 0 radical (unpaired) electrons. The van der Waals surface area contributed by atoms with Crippen molar-refractivity contribution in [2.24, 2.45) is 5.73 Å². The molecule has 2 aliphatic rings. The third-order valence-corrected chi connectivity index (χ3v) is 4.89. The van der Waals surface area contributed by atoms with Crippen molar-refractivity contribution in [3.05, 3.63) is 10.4 Å². The molecule has 1 aromatic rings. The number of hydrogen-bond acceptors (Lipinski definition) is 5. The molecular formula is C13H18N4O2S. The monoisotopic (exact) mass is 294 g/mol. The molecule has 2 aliphatic carbocycles. The Morgan fingerprint density at radius 2 is 1.85 bits per heavy atom. The standard InChI is InChI=1S/C13H18N4O2S/c14-9-8(11(15)18)13(17-6-2-1-3-6)20-10(9)12(19)16-7-4-5-7/h6-7,17H,1-5,14H2,(H2,15,18)(H,16,19). The van der Waals surface area contributed by atoms with Crippen LogP contribution in [0.3, 0.4) is 0 Å². The van der Waals surface area contributed by atoms with Gasteiger partial charge in [0.2, 0.25) is 0 Å². The summed E-state index contributed by atoms with van der Waals surface area (Å²) in [6, 6.07) is 0.606. The third kappa shape index (κ3) is 2.45. The summed E-state index contributed by atoms with van der Waals surface area (Å²) in [4.78, 5) is 24.1. The van der Waals surface area contributed by atoms with Gasteiger partial charge in [0.15, 0.2) is 0 Å². The zero-order valence-corrected chi connectivity index (χ0v) is 11.9. The van der Waals surface area contributed by atoms with Crippen molar-refractivity contribution >= 4 is 33.8 Å². The average Bonchev–Trinajstić information content (AvgIpc) is 3.06. The summed E-state index contributed by atoms with van der Waals surface area (Å²) in [5.41, 5.74) is 11.8. The van der Waals surface area contributed by atoms with Crippen LogP contribution in [0.5, 0.6) is 0 Å². The number of rotatable bonds is 5. The van der Waals surface area contributed by atoms with Crippen molar-refractivity contribution in [1.82, 2.24) is 5.32 Å². The molecular weight excluding hydrogens is 276 g/mol. The maximum atomic E-state index is 12.1. The molecule has 0 aliphatic heterocycles. The van der Waals surface area contributed by atoms with Gasteiger partial charge in [-0.2, -0.15) is 0 Å². The topological polar surface area (TPSA) is 110 Å². The molecule has 2 fully saturated rings. The number of primary amides is 1. The summed E-state index contributed by atoms with van der Waals surface area (Å²) >= 11 is 1.22. The Balaban J connectivity index is 1.87. The largest absolute Gasteiger partial charge is 0.397 e. The lowest BCUT2D eigenvalue weighted by Gasteiger charge is -2.27. The van der Waals surface area contributed by atoms with Crippen molar-refractivity contribution in [1.29, 1.82) is 0 Å². The number of carbonyl (C=O) groups excluding carboxylic acids is 2. The van der Waals surface area contributed by atoms with E-state index in [0.29, 0.717) is 15.9 Å². The molecule has 6 N–H and O–H groups in total. The molecule has 6 nitrogen and oxygen atoms in total. The zero-order chi connectivity index (χ0) is 14.3. The van der Waals surface area contributed by atoms with E-state index >= 15 is 0 Å². The highest BCUT2D eigenvalue weighted by Gasteiger charge is 2.30. The van der Waals surface area contributed by atoms with Gasteiger partial charge in [-0.1, -0.05) is 0 Å². The SMILES string of the molecule is NC(=O)c1c(NC2CCC2)sc(C(=O)NC2CC2)c1N. The van der Waals surface area contributed by atoms with Crippen molar-refractivity contribution in [3.8, 4) is 0 Å². The van der Waals surface area contributed by atoms with Crippen LogP contribution in [0.25, 0.3) is 0 Å². The van der Waals surface area contributed by atoms with Gasteiger partial charge in [-0.25, -0.2) is 0 Å². The highest BCUT2D eigenvalue weighted by Crippen LogP contribution is 2.38. The van der Waals surface area contributed by atoms with Crippen LogP contribution in [-0.4, -0.2) is 23.9 Å². The molecule has 0 bridgehead atoms. The molecule has 108 valence electrons. The van der Waals surface area contributed by atoms with E-state index in [4.69, 9.17) is 11.5 Å². The second-order valence-electron chi connectivity index (χ2n) is 5.43. The minimum atomic E-state index is -0.592. The van der Waals surface area contributed by atoms with E-state index in [0.717, 1.165) is 25.7 Å². The minimum Gasteiger partial charge on any atom is -0.397 e. The summed E-state index contributed by atoms with van der Waals surface area (Å²) in [5.74, 6) is -0.801. The number of hydrogen-bond donors (Lipinski definition) is 4. The molecule has 1 heterocycles. The van der Waals surface area contributed by atoms with Crippen molar-refractivity contribution in [2.75, 3.05) is 11.1 Å². The normalized spacial score (nSPS) is 18.4. The van der Waals surface area contributed by atoms with Gasteiger partial charge < -0.3 is 22.1 Å². The van der Waals surface area contributed by atoms with E-state index in [-0.39, 0.29) is 23.2 Å². The smallest absolute Gasteiger partial charge is 0.263 e. The van der Waals surface area contributed by atoms with Crippen molar-refractivity contribution in [3.63, 3.8) is 0 Å². The lowest BCUT2D eigenvalue weighted by atomic mass is 9.93. The van der Waals surface area contributed by atoms with Crippen LogP contribution >= 0.6 is 11.3 Å². The molecule has 7 heteroatoms. The number of anilines is 2. The summed E-state index contributed by atoms with van der Waals surface area (Å²) in [6.45, 7) is 0. The highest BCUT2D eigenvalue weighted by molar-refractivity contribution is 7.19. The van der Waals surface area contributed by atoms with Crippen LogP contribution in [0.1, 0.15) is 52.1 Å². The fourth-order valence-electron chi connectivity index (χ4n) is 2.18. The van der Waals surface area contributed by atoms with E-state index in [2.05, 4.69) is 10.6 Å². The molecule has 0 unspecified atom stereocenters. The van der Waals surface area contributed by atoms with Gasteiger partial charge in [0.05, 0.1) is 11.3 Å². The summed E-state index contributed by atoms with van der Waals surface area (Å²) in [5, 5.41) is 6.78. The lowest BCUT2D eigenvalue weighted by Crippen LogP contribution is -2.28. The van der Waals surface area contributed by atoms with E-state index in [1.807, 2.05) is 0 Å². The fourth-order valence-corrected chi connectivity index (χ4v) is 3.28. The van der Waals surface area contributed by atoms with Crippen molar-refractivity contribution < 1.29 is 9.59 Å². The summed E-state index contributed by atoms with van der Waals surface area (Å²) in [7, 11) is 0. The number of amides is 2. The molecule has 20 heavy (non-hydrogen) atoms. The Kier molecular flexibility index (Phi) is 3.29. The quantitative estimate of drug-likeness (QED) is 0.655. The second kappa shape index (κ2) is 4.97. The first kappa shape index (κ1) is 13.2. The first-order valence-electron chi connectivity index (χ1n) is 6.85. The van der Waals surface area contributed by atoms with Crippen LogP contribution in [0, 0.1) is 0 Å². The molecule has 2 amide bonds. The Bertz CT molecular complexity index is 561. The number of nitrogens with one attached hydrogen (secondary N) is 2. The average molecular weight is 294 g/mol. The highest BCUT2D eigenvalue weighted by atomic mass is 32.1. The van der Waals surface area contributed by atoms with Gasteiger partial charge in [-0.3, -0.25) is 9.59 Å². The molecule has 3 rings (SSSR count). The third-order valence-electron chi connectivity index (χ3n) is 3.75. The molecule has 0 saturated heterocycles. The van der Waals surface area contributed by atoms with Gasteiger partial charge in [0.25, 0.3) is 11.8 Å². The Labute approximate surface area is 120 Å². The van der Waals surface area contributed by atoms with Gasteiger partial charge in [-0.15, -0.1) is 11.3 Å².